The van der Waals surface area contributed by atoms with E-state index in [4.69, 9.17) is 0 Å². The average Bonchev–Trinajstić information content (AvgIpc) is 2.47. The number of hydrogen-bond donors (Lipinski definition) is 1. The first kappa shape index (κ1) is 9.96. The number of hydrogen-bond acceptors (Lipinski definition) is 2. The van der Waals surface area contributed by atoms with Gasteiger partial charge in [-0.05, 0) is 5.92 Å². The Balaban J connectivity index is 3.15. The Morgan fingerprint density at radius 1 is 1.54 bits per heavy atom. The fraction of sp³-hybridized carbons (Fsp3) is 0.600. The predicted molar refractivity (Wildman–Crippen MR) is 52.1 cm³/mol. The van der Waals surface area contributed by atoms with Crippen molar-refractivity contribution in [3.05, 3.63) is 17.2 Å². The highest BCUT2D eigenvalue weighted by atomic mass is 16.1. The van der Waals surface area contributed by atoms with Gasteiger partial charge in [-0.15, -0.1) is 0 Å². The molecule has 1 N–H and O–H groups in total. The lowest BCUT2D eigenvalue weighted by Crippen LogP contribution is -2.00. The molecule has 0 amide bonds. The van der Waals surface area contributed by atoms with Crippen molar-refractivity contribution in [1.82, 2.24) is 9.97 Å². The Morgan fingerprint density at radius 3 is 2.46 bits per heavy atom. The SMILES string of the molecule is CCc1nc(C(C)=O)c(C(C)C)[nH]1. The molecule has 1 rings (SSSR count). The van der Waals surface area contributed by atoms with Crippen LogP contribution in [0.25, 0.3) is 0 Å². The van der Waals surface area contributed by atoms with E-state index in [-0.39, 0.29) is 5.78 Å². The van der Waals surface area contributed by atoms with Crippen LogP contribution in [0.3, 0.4) is 0 Å². The summed E-state index contributed by atoms with van der Waals surface area (Å²) < 4.78 is 0. The normalized spacial score (nSPS) is 10.8. The Labute approximate surface area is 78.6 Å². The molecule has 0 bridgehead atoms. The lowest BCUT2D eigenvalue weighted by atomic mass is 10.1. The minimum Gasteiger partial charge on any atom is -0.345 e. The van der Waals surface area contributed by atoms with Crippen molar-refractivity contribution in [2.24, 2.45) is 0 Å². The molecule has 0 atom stereocenters. The second-order valence-corrected chi connectivity index (χ2v) is 3.51. The van der Waals surface area contributed by atoms with E-state index in [2.05, 4.69) is 23.8 Å². The Bertz CT molecular complexity index is 313. The van der Waals surface area contributed by atoms with Crippen molar-refractivity contribution < 1.29 is 4.79 Å². The van der Waals surface area contributed by atoms with E-state index in [0.717, 1.165) is 17.9 Å². The monoisotopic (exact) mass is 180 g/mol. The largest absolute Gasteiger partial charge is 0.345 e. The smallest absolute Gasteiger partial charge is 0.179 e. The minimum atomic E-state index is 0.0413. The van der Waals surface area contributed by atoms with Crippen LogP contribution in [0.4, 0.5) is 0 Å². The first-order valence-electron chi connectivity index (χ1n) is 4.66. The van der Waals surface area contributed by atoms with E-state index in [9.17, 15) is 4.79 Å². The van der Waals surface area contributed by atoms with Crippen LogP contribution in [0.15, 0.2) is 0 Å². The van der Waals surface area contributed by atoms with Crippen LogP contribution >= 0.6 is 0 Å². The van der Waals surface area contributed by atoms with Crippen LogP contribution in [-0.4, -0.2) is 15.8 Å². The molecule has 0 radical (unpaired) electrons. The van der Waals surface area contributed by atoms with Gasteiger partial charge in [-0.3, -0.25) is 4.79 Å². The second kappa shape index (κ2) is 3.73. The highest BCUT2D eigenvalue weighted by Gasteiger charge is 2.15. The lowest BCUT2D eigenvalue weighted by molar-refractivity contribution is 0.101. The number of nitrogens with zero attached hydrogens (tertiary/aromatic N) is 1. The van der Waals surface area contributed by atoms with Gasteiger partial charge in [-0.1, -0.05) is 20.8 Å². The molecule has 72 valence electrons. The average molecular weight is 180 g/mol. The van der Waals surface area contributed by atoms with E-state index in [1.165, 1.54) is 0 Å². The van der Waals surface area contributed by atoms with E-state index in [1.54, 1.807) is 6.92 Å². The Kier molecular flexibility index (Phi) is 2.86. The minimum absolute atomic E-state index is 0.0413. The summed E-state index contributed by atoms with van der Waals surface area (Å²) in [6.07, 6.45) is 0.840. The molecule has 1 aromatic rings. The summed E-state index contributed by atoms with van der Waals surface area (Å²) in [6.45, 7) is 7.69. The van der Waals surface area contributed by atoms with Crippen LogP contribution in [-0.2, 0) is 6.42 Å². The third-order valence-electron chi connectivity index (χ3n) is 2.03. The van der Waals surface area contributed by atoms with E-state index >= 15 is 0 Å². The number of aryl methyl sites for hydroxylation is 1. The molecule has 3 heteroatoms. The summed E-state index contributed by atoms with van der Waals surface area (Å²) in [5, 5.41) is 0. The fourth-order valence-corrected chi connectivity index (χ4v) is 1.29. The van der Waals surface area contributed by atoms with Crippen LogP contribution in [0, 0.1) is 0 Å². The predicted octanol–water partition coefficient (Wildman–Crippen LogP) is 2.30. The Hall–Kier alpha value is -1.12. The van der Waals surface area contributed by atoms with Crippen molar-refractivity contribution in [2.45, 2.75) is 40.0 Å². The first-order valence-corrected chi connectivity index (χ1v) is 4.66. The topological polar surface area (TPSA) is 45.8 Å². The fourth-order valence-electron chi connectivity index (χ4n) is 1.29. The molecular weight excluding hydrogens is 164 g/mol. The van der Waals surface area contributed by atoms with Crippen LogP contribution in [0.2, 0.25) is 0 Å². The summed E-state index contributed by atoms with van der Waals surface area (Å²) in [4.78, 5) is 18.6. The molecule has 1 heterocycles. The Morgan fingerprint density at radius 2 is 2.15 bits per heavy atom. The maximum Gasteiger partial charge on any atom is 0.179 e. The number of aromatic amines is 1. The van der Waals surface area contributed by atoms with Crippen LogP contribution < -0.4 is 0 Å². The molecule has 0 fully saturated rings. The van der Waals surface area contributed by atoms with Gasteiger partial charge >= 0.3 is 0 Å². The zero-order chi connectivity index (χ0) is 10.0. The standard InChI is InChI=1S/C10H16N2O/c1-5-8-11-9(6(2)3)10(12-8)7(4)13/h6H,5H2,1-4H3,(H,11,12). The number of aromatic nitrogens is 2. The molecule has 0 aliphatic heterocycles. The molecule has 0 aliphatic carbocycles. The molecule has 0 spiro atoms. The van der Waals surface area contributed by atoms with Crippen molar-refractivity contribution in [1.29, 1.82) is 0 Å². The zero-order valence-electron chi connectivity index (χ0n) is 8.64. The molecule has 0 aliphatic rings. The lowest BCUT2D eigenvalue weighted by Gasteiger charge is -2.01. The van der Waals surface area contributed by atoms with Crippen molar-refractivity contribution in [2.75, 3.05) is 0 Å². The van der Waals surface area contributed by atoms with E-state index < -0.39 is 0 Å². The number of nitrogens with one attached hydrogen (secondary N) is 1. The van der Waals surface area contributed by atoms with Crippen molar-refractivity contribution in [3.63, 3.8) is 0 Å². The van der Waals surface area contributed by atoms with Crippen LogP contribution in [0.5, 0.6) is 0 Å². The van der Waals surface area contributed by atoms with E-state index in [1.807, 2.05) is 6.92 Å². The maximum atomic E-state index is 11.2. The van der Waals surface area contributed by atoms with Crippen LogP contribution in [0.1, 0.15) is 55.6 Å². The van der Waals surface area contributed by atoms with Gasteiger partial charge in [0, 0.05) is 19.0 Å². The number of imidazole rings is 1. The van der Waals surface area contributed by atoms with Crippen molar-refractivity contribution >= 4 is 5.78 Å². The van der Waals surface area contributed by atoms with Gasteiger partial charge in [-0.25, -0.2) is 4.98 Å². The molecule has 0 unspecified atom stereocenters. The zero-order valence-corrected chi connectivity index (χ0v) is 8.64. The number of Topliss-reactive ketones (excluding diaryl/α,β-unsaturated/α-hetero) is 1. The highest BCUT2D eigenvalue weighted by molar-refractivity contribution is 5.93. The number of carbonyl (C=O) groups excluding carboxylic acids is 1. The molecule has 13 heavy (non-hydrogen) atoms. The van der Waals surface area contributed by atoms with Gasteiger partial charge in [0.1, 0.15) is 11.5 Å². The molecular formula is C10H16N2O. The van der Waals surface area contributed by atoms with Gasteiger partial charge < -0.3 is 4.98 Å². The van der Waals surface area contributed by atoms with Gasteiger partial charge in [-0.2, -0.15) is 0 Å². The highest BCUT2D eigenvalue weighted by Crippen LogP contribution is 2.17. The maximum absolute atomic E-state index is 11.2. The summed E-state index contributed by atoms with van der Waals surface area (Å²) in [5.41, 5.74) is 1.57. The van der Waals surface area contributed by atoms with Gasteiger partial charge in [0.2, 0.25) is 0 Å². The summed E-state index contributed by atoms with van der Waals surface area (Å²) in [6, 6.07) is 0. The number of ketones is 1. The van der Waals surface area contributed by atoms with Crippen molar-refractivity contribution in [3.8, 4) is 0 Å². The van der Waals surface area contributed by atoms with Gasteiger partial charge in [0.05, 0.1) is 0 Å². The number of H-pyrrole nitrogens is 1. The van der Waals surface area contributed by atoms with E-state index in [0.29, 0.717) is 11.6 Å². The summed E-state index contributed by atoms with van der Waals surface area (Å²) in [7, 11) is 0. The quantitative estimate of drug-likeness (QED) is 0.725. The van der Waals surface area contributed by atoms with Gasteiger partial charge in [0.25, 0.3) is 0 Å². The second-order valence-electron chi connectivity index (χ2n) is 3.51. The molecule has 0 aromatic carbocycles. The number of rotatable bonds is 3. The first-order chi connectivity index (χ1) is 6.06. The summed E-state index contributed by atoms with van der Waals surface area (Å²) >= 11 is 0. The number of carbonyl (C=O) groups is 1. The molecule has 3 nitrogen and oxygen atoms in total. The molecule has 0 saturated carbocycles. The third kappa shape index (κ3) is 1.97. The molecule has 1 aromatic heterocycles. The molecule has 0 saturated heterocycles. The van der Waals surface area contributed by atoms with Gasteiger partial charge in [0.15, 0.2) is 5.78 Å². The summed E-state index contributed by atoms with van der Waals surface area (Å²) in [5.74, 6) is 1.26. The third-order valence-corrected chi connectivity index (χ3v) is 2.03.